The molecule has 1 aliphatic rings. The highest BCUT2D eigenvalue weighted by Crippen LogP contribution is 2.21. The fraction of sp³-hybridized carbons (Fsp3) is 0.769. The fourth-order valence-electron chi connectivity index (χ4n) is 2.02. The van der Waals surface area contributed by atoms with Crippen molar-refractivity contribution >= 4 is 5.78 Å². The van der Waals surface area contributed by atoms with E-state index in [9.17, 15) is 4.79 Å². The van der Waals surface area contributed by atoms with Gasteiger partial charge in [-0.05, 0) is 18.4 Å². The molecule has 0 saturated heterocycles. The molecule has 0 aromatic heterocycles. The molecule has 0 N–H and O–H groups in total. The summed E-state index contributed by atoms with van der Waals surface area (Å²) < 4.78 is 0. The fourth-order valence-corrected chi connectivity index (χ4v) is 2.02. The van der Waals surface area contributed by atoms with Gasteiger partial charge in [0.1, 0.15) is 0 Å². The standard InChI is InChI=1S/C13H22O/c1-2-3-4-5-6-7-8-12-9-10-13(14)11-12/h9-10,12H,2-8,11H2,1H3. The Bertz CT molecular complexity index is 193. The zero-order valence-corrected chi connectivity index (χ0v) is 9.30. The molecule has 1 atom stereocenters. The maximum absolute atomic E-state index is 10.9. The lowest BCUT2D eigenvalue weighted by Crippen LogP contribution is -1.96. The monoisotopic (exact) mass is 194 g/mol. The van der Waals surface area contributed by atoms with E-state index in [-0.39, 0.29) is 0 Å². The van der Waals surface area contributed by atoms with Crippen molar-refractivity contribution in [1.82, 2.24) is 0 Å². The number of carbonyl (C=O) groups is 1. The Morgan fingerprint density at radius 2 is 1.93 bits per heavy atom. The van der Waals surface area contributed by atoms with Gasteiger partial charge in [-0.3, -0.25) is 4.79 Å². The van der Waals surface area contributed by atoms with E-state index in [4.69, 9.17) is 0 Å². The molecule has 0 spiro atoms. The molecule has 0 aromatic carbocycles. The molecule has 0 amide bonds. The minimum Gasteiger partial charge on any atom is -0.295 e. The van der Waals surface area contributed by atoms with Crippen LogP contribution in [0.15, 0.2) is 12.2 Å². The normalized spacial score (nSPS) is 20.6. The van der Waals surface area contributed by atoms with Gasteiger partial charge in [0, 0.05) is 6.42 Å². The van der Waals surface area contributed by atoms with Crippen LogP contribution in [-0.2, 0) is 4.79 Å². The van der Waals surface area contributed by atoms with Crippen LogP contribution in [-0.4, -0.2) is 5.78 Å². The predicted octanol–water partition coefficient (Wildman–Crippen LogP) is 3.88. The Kier molecular flexibility index (Phi) is 5.58. The quantitative estimate of drug-likeness (QED) is 0.562. The van der Waals surface area contributed by atoms with Crippen molar-refractivity contribution in [2.75, 3.05) is 0 Å². The van der Waals surface area contributed by atoms with E-state index in [2.05, 4.69) is 13.0 Å². The first-order valence-electron chi connectivity index (χ1n) is 6.04. The summed E-state index contributed by atoms with van der Waals surface area (Å²) in [5, 5.41) is 0. The topological polar surface area (TPSA) is 17.1 Å². The van der Waals surface area contributed by atoms with Gasteiger partial charge in [0.25, 0.3) is 0 Å². The number of unbranched alkanes of at least 4 members (excludes halogenated alkanes) is 5. The van der Waals surface area contributed by atoms with Crippen molar-refractivity contribution in [2.45, 2.75) is 58.3 Å². The minimum atomic E-state index is 0.320. The molecule has 0 bridgehead atoms. The average Bonchev–Trinajstić information content (AvgIpc) is 2.58. The zero-order valence-electron chi connectivity index (χ0n) is 9.30. The third-order valence-corrected chi connectivity index (χ3v) is 2.95. The van der Waals surface area contributed by atoms with Crippen molar-refractivity contribution in [1.29, 1.82) is 0 Å². The van der Waals surface area contributed by atoms with Gasteiger partial charge in [-0.1, -0.05) is 51.5 Å². The molecule has 1 heteroatoms. The summed E-state index contributed by atoms with van der Waals surface area (Å²) in [4.78, 5) is 10.9. The molecular formula is C13H22O. The van der Waals surface area contributed by atoms with E-state index in [0.717, 1.165) is 6.42 Å². The maximum Gasteiger partial charge on any atom is 0.155 e. The van der Waals surface area contributed by atoms with Crippen LogP contribution in [0.25, 0.3) is 0 Å². The second-order valence-electron chi connectivity index (χ2n) is 4.35. The van der Waals surface area contributed by atoms with Gasteiger partial charge in [-0.2, -0.15) is 0 Å². The Morgan fingerprint density at radius 1 is 1.21 bits per heavy atom. The van der Waals surface area contributed by atoms with Gasteiger partial charge < -0.3 is 0 Å². The number of allylic oxidation sites excluding steroid dienone is 2. The van der Waals surface area contributed by atoms with Gasteiger partial charge in [0.05, 0.1) is 0 Å². The molecule has 0 fully saturated rings. The SMILES string of the molecule is CCCCCCCCC1C=CC(=O)C1. The van der Waals surface area contributed by atoms with Crippen LogP contribution < -0.4 is 0 Å². The second-order valence-corrected chi connectivity index (χ2v) is 4.35. The molecule has 0 aromatic rings. The first kappa shape index (κ1) is 11.5. The Labute approximate surface area is 87.6 Å². The smallest absolute Gasteiger partial charge is 0.155 e. The molecule has 14 heavy (non-hydrogen) atoms. The van der Waals surface area contributed by atoms with E-state index in [1.807, 2.05) is 0 Å². The lowest BCUT2D eigenvalue weighted by molar-refractivity contribution is -0.114. The van der Waals surface area contributed by atoms with Crippen molar-refractivity contribution < 1.29 is 4.79 Å². The number of hydrogen-bond donors (Lipinski definition) is 0. The number of carbonyl (C=O) groups excluding carboxylic acids is 1. The Balaban J connectivity index is 1.89. The summed E-state index contributed by atoms with van der Waals surface area (Å²) in [6.07, 6.45) is 13.9. The third-order valence-electron chi connectivity index (χ3n) is 2.95. The molecule has 1 aliphatic carbocycles. The summed E-state index contributed by atoms with van der Waals surface area (Å²) in [5.41, 5.74) is 0. The summed E-state index contributed by atoms with van der Waals surface area (Å²) in [6.45, 7) is 2.24. The van der Waals surface area contributed by atoms with Gasteiger partial charge in [0.2, 0.25) is 0 Å². The van der Waals surface area contributed by atoms with Gasteiger partial charge in [0.15, 0.2) is 5.78 Å². The summed E-state index contributed by atoms with van der Waals surface area (Å²) >= 11 is 0. The van der Waals surface area contributed by atoms with Gasteiger partial charge in [-0.25, -0.2) is 0 Å². The molecular weight excluding hydrogens is 172 g/mol. The molecule has 1 nitrogen and oxygen atoms in total. The first-order chi connectivity index (χ1) is 6.83. The second kappa shape index (κ2) is 6.80. The highest BCUT2D eigenvalue weighted by Gasteiger charge is 2.14. The summed E-state index contributed by atoms with van der Waals surface area (Å²) in [5.74, 6) is 0.884. The van der Waals surface area contributed by atoms with Crippen molar-refractivity contribution in [2.24, 2.45) is 5.92 Å². The summed E-state index contributed by atoms with van der Waals surface area (Å²) in [7, 11) is 0. The van der Waals surface area contributed by atoms with Crippen molar-refractivity contribution in [3.05, 3.63) is 12.2 Å². The highest BCUT2D eigenvalue weighted by atomic mass is 16.1. The number of rotatable bonds is 7. The van der Waals surface area contributed by atoms with Crippen LogP contribution in [0.2, 0.25) is 0 Å². The van der Waals surface area contributed by atoms with Crippen LogP contribution in [0.1, 0.15) is 58.3 Å². The van der Waals surface area contributed by atoms with Crippen molar-refractivity contribution in [3.63, 3.8) is 0 Å². The Hall–Kier alpha value is -0.590. The number of ketones is 1. The predicted molar refractivity (Wildman–Crippen MR) is 60.2 cm³/mol. The van der Waals surface area contributed by atoms with Crippen molar-refractivity contribution in [3.8, 4) is 0 Å². The van der Waals surface area contributed by atoms with Crippen LogP contribution in [0, 0.1) is 5.92 Å². The lowest BCUT2D eigenvalue weighted by atomic mass is 10.00. The Morgan fingerprint density at radius 3 is 2.57 bits per heavy atom. The minimum absolute atomic E-state index is 0.320. The van der Waals surface area contributed by atoms with Gasteiger partial charge in [-0.15, -0.1) is 0 Å². The van der Waals surface area contributed by atoms with Crippen LogP contribution in [0.3, 0.4) is 0 Å². The number of hydrogen-bond acceptors (Lipinski definition) is 1. The van der Waals surface area contributed by atoms with E-state index < -0.39 is 0 Å². The molecule has 0 aliphatic heterocycles. The van der Waals surface area contributed by atoms with Crippen LogP contribution in [0.4, 0.5) is 0 Å². The highest BCUT2D eigenvalue weighted by molar-refractivity contribution is 5.92. The molecule has 0 saturated carbocycles. The van der Waals surface area contributed by atoms with Crippen LogP contribution in [0.5, 0.6) is 0 Å². The lowest BCUT2D eigenvalue weighted by Gasteiger charge is -2.05. The molecule has 80 valence electrons. The van der Waals surface area contributed by atoms with Gasteiger partial charge >= 0.3 is 0 Å². The largest absolute Gasteiger partial charge is 0.295 e. The average molecular weight is 194 g/mol. The molecule has 0 radical (unpaired) electrons. The van der Waals surface area contributed by atoms with E-state index in [1.165, 1.54) is 44.9 Å². The zero-order chi connectivity index (χ0) is 10.2. The third kappa shape index (κ3) is 4.59. The van der Waals surface area contributed by atoms with Crippen LogP contribution >= 0.6 is 0 Å². The molecule has 0 heterocycles. The summed E-state index contributed by atoms with van der Waals surface area (Å²) in [6, 6.07) is 0. The molecule has 1 rings (SSSR count). The van der Waals surface area contributed by atoms with E-state index in [0.29, 0.717) is 11.7 Å². The van der Waals surface area contributed by atoms with E-state index >= 15 is 0 Å². The van der Waals surface area contributed by atoms with E-state index in [1.54, 1.807) is 6.08 Å². The molecule has 1 unspecified atom stereocenters. The maximum atomic E-state index is 10.9. The first-order valence-corrected chi connectivity index (χ1v) is 6.04.